The minimum absolute atomic E-state index is 0.0576. The molecule has 0 atom stereocenters. The zero-order valence-corrected chi connectivity index (χ0v) is 14.2. The van der Waals surface area contributed by atoms with Crippen LogP contribution in [0.1, 0.15) is 12.5 Å². The monoisotopic (exact) mass is 326 g/mol. The summed E-state index contributed by atoms with van der Waals surface area (Å²) in [7, 11) is 4.77. The molecule has 6 nitrogen and oxygen atoms in total. The number of ketones is 1. The van der Waals surface area contributed by atoms with Crippen LogP contribution in [-0.2, 0) is 16.1 Å². The molecule has 0 heterocycles. The Morgan fingerprint density at radius 1 is 1.23 bits per heavy atom. The average molecular weight is 326 g/mol. The number of carbonyl (C=O) groups is 2. The fourth-order valence-corrected chi connectivity index (χ4v) is 2.26. The number of benzene rings is 1. The molecule has 122 valence electrons. The molecule has 1 aromatic carbocycles. The molecule has 22 heavy (non-hydrogen) atoms. The molecule has 0 saturated carbocycles. The summed E-state index contributed by atoms with van der Waals surface area (Å²) < 4.78 is 10.5. The Labute approximate surface area is 136 Å². The molecule has 0 aromatic heterocycles. The molecule has 7 heteroatoms. The third-order valence-corrected chi connectivity index (χ3v) is 3.46. The molecule has 0 saturated heterocycles. The maximum Gasteiger partial charge on any atom is 0.237 e. The normalized spacial score (nSPS) is 10.2. The summed E-state index contributed by atoms with van der Waals surface area (Å²) in [5.74, 6) is 0.890. The van der Waals surface area contributed by atoms with E-state index in [1.807, 2.05) is 0 Å². The number of nitrogens with one attached hydrogen (secondary N) is 1. The fourth-order valence-electron chi connectivity index (χ4n) is 2.01. The van der Waals surface area contributed by atoms with E-state index in [0.717, 1.165) is 5.56 Å². The van der Waals surface area contributed by atoms with Gasteiger partial charge in [0.05, 0.1) is 27.3 Å². The first-order chi connectivity index (χ1) is 10.4. The maximum atomic E-state index is 12.1. The van der Waals surface area contributed by atoms with Crippen molar-refractivity contribution in [3.05, 3.63) is 17.7 Å². The van der Waals surface area contributed by atoms with Gasteiger partial charge in [-0.15, -0.1) is 12.6 Å². The van der Waals surface area contributed by atoms with E-state index in [0.29, 0.717) is 16.4 Å². The Balaban J connectivity index is 3.06. The molecule has 1 rings (SSSR count). The quantitative estimate of drug-likeness (QED) is 0.701. The van der Waals surface area contributed by atoms with Crippen LogP contribution in [0.3, 0.4) is 0 Å². The number of carbonyl (C=O) groups excluding carboxylic acids is 2. The summed E-state index contributed by atoms with van der Waals surface area (Å²) in [6, 6.07) is 3.49. The second kappa shape index (κ2) is 8.65. The molecule has 0 fully saturated rings. The molecule has 1 amide bonds. The Hall–Kier alpha value is -1.73. The molecule has 0 bridgehead atoms. The number of methoxy groups -OCH3 is 2. The minimum Gasteiger partial charge on any atom is -0.493 e. The van der Waals surface area contributed by atoms with Crippen LogP contribution < -0.4 is 14.8 Å². The van der Waals surface area contributed by atoms with Gasteiger partial charge in [-0.2, -0.15) is 0 Å². The van der Waals surface area contributed by atoms with Crippen molar-refractivity contribution in [2.75, 3.05) is 34.4 Å². The lowest BCUT2D eigenvalue weighted by Gasteiger charge is -2.23. The van der Waals surface area contributed by atoms with Crippen LogP contribution in [0.2, 0.25) is 0 Å². The first kappa shape index (κ1) is 18.3. The van der Waals surface area contributed by atoms with Gasteiger partial charge in [0, 0.05) is 11.4 Å². The van der Waals surface area contributed by atoms with Gasteiger partial charge in [0.15, 0.2) is 11.5 Å². The lowest BCUT2D eigenvalue weighted by atomic mass is 10.1. The zero-order valence-electron chi connectivity index (χ0n) is 13.3. The molecule has 0 radical (unpaired) electrons. The minimum atomic E-state index is -0.153. The predicted molar refractivity (Wildman–Crippen MR) is 86.8 cm³/mol. The highest BCUT2D eigenvalue weighted by Gasteiger charge is 2.18. The van der Waals surface area contributed by atoms with Crippen molar-refractivity contribution in [2.45, 2.75) is 18.4 Å². The first-order valence-corrected chi connectivity index (χ1v) is 7.23. The van der Waals surface area contributed by atoms with Gasteiger partial charge >= 0.3 is 0 Å². The van der Waals surface area contributed by atoms with E-state index in [-0.39, 0.29) is 31.3 Å². The SMILES string of the molecule is CNCC(=O)N(CC(C)=O)Cc1cc(OC)c(OC)cc1S. The van der Waals surface area contributed by atoms with Crippen LogP contribution in [0.15, 0.2) is 17.0 Å². The average Bonchev–Trinajstić information content (AvgIpc) is 2.47. The van der Waals surface area contributed by atoms with Crippen molar-refractivity contribution in [3.63, 3.8) is 0 Å². The number of thiol groups is 1. The van der Waals surface area contributed by atoms with Gasteiger partial charge in [-0.05, 0) is 31.7 Å². The number of amides is 1. The smallest absolute Gasteiger partial charge is 0.237 e. The second-order valence-corrected chi connectivity index (χ2v) is 5.30. The highest BCUT2D eigenvalue weighted by atomic mass is 32.1. The Bertz CT molecular complexity index is 549. The summed E-state index contributed by atoms with van der Waals surface area (Å²) in [4.78, 5) is 25.6. The van der Waals surface area contributed by atoms with Crippen LogP contribution in [-0.4, -0.2) is 50.9 Å². The number of Topliss-reactive ketones (excluding diaryl/α,β-unsaturated/α-hetero) is 1. The Morgan fingerprint density at radius 2 is 1.82 bits per heavy atom. The van der Waals surface area contributed by atoms with Gasteiger partial charge < -0.3 is 19.7 Å². The van der Waals surface area contributed by atoms with E-state index in [1.54, 1.807) is 33.4 Å². The van der Waals surface area contributed by atoms with E-state index in [1.165, 1.54) is 11.8 Å². The van der Waals surface area contributed by atoms with Crippen molar-refractivity contribution in [2.24, 2.45) is 0 Å². The van der Waals surface area contributed by atoms with E-state index in [9.17, 15) is 9.59 Å². The van der Waals surface area contributed by atoms with Crippen LogP contribution in [0.25, 0.3) is 0 Å². The third-order valence-electron chi connectivity index (χ3n) is 3.04. The van der Waals surface area contributed by atoms with E-state index >= 15 is 0 Å². The van der Waals surface area contributed by atoms with E-state index in [2.05, 4.69) is 17.9 Å². The topological polar surface area (TPSA) is 67.9 Å². The van der Waals surface area contributed by atoms with Crippen molar-refractivity contribution in [1.82, 2.24) is 10.2 Å². The van der Waals surface area contributed by atoms with Crippen molar-refractivity contribution >= 4 is 24.3 Å². The van der Waals surface area contributed by atoms with Crippen LogP contribution >= 0.6 is 12.6 Å². The number of hydrogen-bond acceptors (Lipinski definition) is 6. The first-order valence-electron chi connectivity index (χ1n) is 6.78. The number of hydrogen-bond donors (Lipinski definition) is 2. The number of rotatable bonds is 8. The molecule has 0 aliphatic carbocycles. The zero-order chi connectivity index (χ0) is 16.7. The standard InChI is InChI=1S/C15H22N2O4S/c1-10(18)8-17(15(19)7-16-2)9-11-5-12(20-3)13(21-4)6-14(11)22/h5-6,16,22H,7-9H2,1-4H3. The Morgan fingerprint density at radius 3 is 2.32 bits per heavy atom. The maximum absolute atomic E-state index is 12.1. The summed E-state index contributed by atoms with van der Waals surface area (Å²) in [6.45, 7) is 1.96. The van der Waals surface area contributed by atoms with Crippen molar-refractivity contribution < 1.29 is 19.1 Å². The second-order valence-electron chi connectivity index (χ2n) is 4.82. The lowest BCUT2D eigenvalue weighted by Crippen LogP contribution is -2.39. The van der Waals surface area contributed by atoms with E-state index in [4.69, 9.17) is 9.47 Å². The molecule has 0 unspecified atom stereocenters. The van der Waals surface area contributed by atoms with Gasteiger partial charge in [0.1, 0.15) is 5.78 Å². The number of nitrogens with zero attached hydrogens (tertiary/aromatic N) is 1. The van der Waals surface area contributed by atoms with E-state index < -0.39 is 0 Å². The predicted octanol–water partition coefficient (Wildman–Crippen LogP) is 1.13. The summed E-state index contributed by atoms with van der Waals surface area (Å²) in [5, 5.41) is 2.80. The number of likely N-dealkylation sites (N-methyl/N-ethyl adjacent to an activating group) is 1. The molecular formula is C15H22N2O4S. The molecule has 1 N–H and O–H groups in total. The van der Waals surface area contributed by atoms with Crippen molar-refractivity contribution in [3.8, 4) is 11.5 Å². The van der Waals surface area contributed by atoms with Gasteiger partial charge in [0.2, 0.25) is 5.91 Å². The van der Waals surface area contributed by atoms with Crippen LogP contribution in [0.5, 0.6) is 11.5 Å². The molecule has 1 aromatic rings. The van der Waals surface area contributed by atoms with Crippen LogP contribution in [0, 0.1) is 0 Å². The van der Waals surface area contributed by atoms with Gasteiger partial charge in [-0.3, -0.25) is 9.59 Å². The van der Waals surface area contributed by atoms with Crippen molar-refractivity contribution in [1.29, 1.82) is 0 Å². The Kier molecular flexibility index (Phi) is 7.20. The van der Waals surface area contributed by atoms with Crippen LogP contribution in [0.4, 0.5) is 0 Å². The molecular weight excluding hydrogens is 304 g/mol. The third kappa shape index (κ3) is 4.92. The lowest BCUT2D eigenvalue weighted by molar-refractivity contribution is -0.134. The fraction of sp³-hybridized carbons (Fsp3) is 0.467. The highest BCUT2D eigenvalue weighted by Crippen LogP contribution is 2.32. The largest absolute Gasteiger partial charge is 0.493 e. The molecule has 0 spiro atoms. The summed E-state index contributed by atoms with van der Waals surface area (Å²) >= 11 is 4.42. The molecule has 0 aliphatic rings. The summed E-state index contributed by atoms with van der Waals surface area (Å²) in [6.07, 6.45) is 0. The summed E-state index contributed by atoms with van der Waals surface area (Å²) in [5.41, 5.74) is 0.784. The highest BCUT2D eigenvalue weighted by molar-refractivity contribution is 7.80. The van der Waals surface area contributed by atoms with Gasteiger partial charge in [-0.1, -0.05) is 0 Å². The van der Waals surface area contributed by atoms with Gasteiger partial charge in [-0.25, -0.2) is 0 Å². The van der Waals surface area contributed by atoms with Gasteiger partial charge in [0.25, 0.3) is 0 Å². The number of ether oxygens (including phenoxy) is 2. The molecule has 0 aliphatic heterocycles.